The van der Waals surface area contributed by atoms with E-state index >= 15 is 0 Å². The first-order chi connectivity index (χ1) is 13.6. The third-order valence-corrected chi connectivity index (χ3v) is 5.78. The van der Waals surface area contributed by atoms with Gasteiger partial charge in [0.2, 0.25) is 0 Å². The summed E-state index contributed by atoms with van der Waals surface area (Å²) in [6, 6.07) is 21.8. The highest BCUT2D eigenvalue weighted by molar-refractivity contribution is 7.92. The molecule has 1 heterocycles. The van der Waals surface area contributed by atoms with Gasteiger partial charge < -0.3 is 0 Å². The molecule has 4 aromatic rings. The fourth-order valence-electron chi connectivity index (χ4n) is 3.04. The lowest BCUT2D eigenvalue weighted by atomic mass is 9.97. The number of nitrogens with one attached hydrogen (secondary N) is 1. The Bertz CT molecular complexity index is 1260. The average molecular weight is 388 g/mol. The summed E-state index contributed by atoms with van der Waals surface area (Å²) < 4.78 is 27.9. The molecule has 3 aromatic carbocycles. The second-order valence-electron chi connectivity index (χ2n) is 6.20. The van der Waals surface area contributed by atoms with E-state index in [-0.39, 0.29) is 21.9 Å². The Hall–Kier alpha value is -3.51. The molecule has 0 aliphatic heterocycles. The van der Waals surface area contributed by atoms with Gasteiger partial charge in [0.25, 0.3) is 10.0 Å². The maximum absolute atomic E-state index is 13.2. The van der Waals surface area contributed by atoms with Gasteiger partial charge in [0.05, 0.1) is 10.6 Å². The van der Waals surface area contributed by atoms with Crippen molar-refractivity contribution in [3.05, 3.63) is 102 Å². The Morgan fingerprint density at radius 2 is 1.50 bits per heavy atom. The van der Waals surface area contributed by atoms with Crippen LogP contribution in [0.5, 0.6) is 0 Å². The number of rotatable bonds is 5. The number of aromatic nitrogens is 1. The fourth-order valence-corrected chi connectivity index (χ4v) is 4.14. The minimum atomic E-state index is -3.81. The molecule has 0 fully saturated rings. The summed E-state index contributed by atoms with van der Waals surface area (Å²) in [5.41, 5.74) is 1.01. The Morgan fingerprint density at radius 3 is 2.32 bits per heavy atom. The van der Waals surface area contributed by atoms with E-state index in [2.05, 4.69) is 9.71 Å². The molecule has 28 heavy (non-hydrogen) atoms. The van der Waals surface area contributed by atoms with Crippen LogP contribution >= 0.6 is 0 Å². The number of hydrogen-bond donors (Lipinski definition) is 1. The highest BCUT2D eigenvalue weighted by Crippen LogP contribution is 2.26. The number of anilines is 1. The number of benzene rings is 3. The molecule has 0 atom stereocenters. The van der Waals surface area contributed by atoms with Crippen molar-refractivity contribution in [1.82, 2.24) is 4.98 Å². The van der Waals surface area contributed by atoms with Crippen molar-refractivity contribution in [2.75, 3.05) is 4.72 Å². The maximum Gasteiger partial charge on any atom is 0.261 e. The van der Waals surface area contributed by atoms with E-state index in [0.717, 1.165) is 10.8 Å². The summed E-state index contributed by atoms with van der Waals surface area (Å²) in [6.07, 6.45) is 3.32. The van der Waals surface area contributed by atoms with Gasteiger partial charge in [0.1, 0.15) is 0 Å². The third-order valence-electron chi connectivity index (χ3n) is 4.39. The van der Waals surface area contributed by atoms with Crippen LogP contribution in [0.3, 0.4) is 0 Å². The standard InChI is InChI=1S/C22H16N2O3S/c25-22(19-11-6-7-16-15-23-14-13-18(16)19)20-10-4-5-12-21(20)24-28(26,27)17-8-2-1-3-9-17/h1-15,24H. The summed E-state index contributed by atoms with van der Waals surface area (Å²) >= 11 is 0. The molecule has 0 bridgehead atoms. The van der Waals surface area contributed by atoms with E-state index in [0.29, 0.717) is 5.56 Å². The second kappa shape index (κ2) is 7.25. The first-order valence-electron chi connectivity index (χ1n) is 8.60. The maximum atomic E-state index is 13.2. The van der Waals surface area contributed by atoms with Gasteiger partial charge in [-0.25, -0.2) is 8.42 Å². The van der Waals surface area contributed by atoms with Gasteiger partial charge in [0, 0.05) is 28.9 Å². The summed E-state index contributed by atoms with van der Waals surface area (Å²) in [6.45, 7) is 0. The van der Waals surface area contributed by atoms with Crippen LogP contribution in [0.15, 0.2) is 96.2 Å². The van der Waals surface area contributed by atoms with E-state index in [1.807, 2.05) is 6.07 Å². The second-order valence-corrected chi connectivity index (χ2v) is 7.88. The summed E-state index contributed by atoms with van der Waals surface area (Å²) in [5.74, 6) is -0.261. The molecule has 0 saturated heterocycles. The van der Waals surface area contributed by atoms with E-state index in [1.165, 1.54) is 12.1 Å². The van der Waals surface area contributed by atoms with Crippen LogP contribution < -0.4 is 4.72 Å². The third kappa shape index (κ3) is 3.37. The Balaban J connectivity index is 1.77. The van der Waals surface area contributed by atoms with E-state index < -0.39 is 10.0 Å². The predicted octanol–water partition coefficient (Wildman–Crippen LogP) is 4.27. The van der Waals surface area contributed by atoms with E-state index in [1.54, 1.807) is 73.1 Å². The van der Waals surface area contributed by atoms with Gasteiger partial charge in [-0.1, -0.05) is 48.5 Å². The molecule has 1 aromatic heterocycles. The zero-order valence-corrected chi connectivity index (χ0v) is 15.6. The molecule has 5 nitrogen and oxygen atoms in total. The number of carbonyl (C=O) groups excluding carboxylic acids is 1. The smallest absolute Gasteiger partial charge is 0.261 e. The molecule has 138 valence electrons. The van der Waals surface area contributed by atoms with Gasteiger partial charge in [-0.2, -0.15) is 0 Å². The van der Waals surface area contributed by atoms with Crippen LogP contribution in [0, 0.1) is 0 Å². The molecule has 0 radical (unpaired) electrons. The Morgan fingerprint density at radius 1 is 0.786 bits per heavy atom. The SMILES string of the molecule is O=C(c1ccccc1NS(=O)(=O)c1ccccc1)c1cccc2cnccc12. The Kier molecular flexibility index (Phi) is 4.63. The largest absolute Gasteiger partial charge is 0.289 e. The van der Waals surface area contributed by atoms with Crippen molar-refractivity contribution in [3.63, 3.8) is 0 Å². The molecule has 0 unspecified atom stereocenters. The number of hydrogen-bond acceptors (Lipinski definition) is 4. The topological polar surface area (TPSA) is 76.1 Å². The molecular formula is C22H16N2O3S. The lowest BCUT2D eigenvalue weighted by molar-refractivity contribution is 0.104. The van der Waals surface area contributed by atoms with E-state index in [9.17, 15) is 13.2 Å². The zero-order chi connectivity index (χ0) is 19.6. The summed E-state index contributed by atoms with van der Waals surface area (Å²) in [7, 11) is -3.81. The minimum Gasteiger partial charge on any atom is -0.289 e. The molecular weight excluding hydrogens is 372 g/mol. The van der Waals surface area contributed by atoms with Gasteiger partial charge in [-0.05, 0) is 35.7 Å². The molecule has 0 aliphatic rings. The molecule has 0 spiro atoms. The van der Waals surface area contributed by atoms with Crippen molar-refractivity contribution in [2.45, 2.75) is 4.90 Å². The number of nitrogens with zero attached hydrogens (tertiary/aromatic N) is 1. The number of fused-ring (bicyclic) bond motifs is 1. The van der Waals surface area contributed by atoms with Crippen LogP contribution in [-0.2, 0) is 10.0 Å². The van der Waals surface area contributed by atoms with Gasteiger partial charge in [-0.15, -0.1) is 0 Å². The number of pyridine rings is 1. The summed E-state index contributed by atoms with van der Waals surface area (Å²) in [4.78, 5) is 17.5. The first-order valence-corrected chi connectivity index (χ1v) is 10.1. The van der Waals surface area contributed by atoms with Crippen molar-refractivity contribution >= 4 is 32.3 Å². The van der Waals surface area contributed by atoms with Crippen LogP contribution in [0.1, 0.15) is 15.9 Å². The van der Waals surface area contributed by atoms with Crippen LogP contribution in [0.4, 0.5) is 5.69 Å². The minimum absolute atomic E-state index is 0.133. The quantitative estimate of drug-likeness (QED) is 0.518. The van der Waals surface area contributed by atoms with Crippen LogP contribution in [0.2, 0.25) is 0 Å². The first kappa shape index (κ1) is 17.9. The number of ketones is 1. The fraction of sp³-hybridized carbons (Fsp3) is 0. The number of para-hydroxylation sites is 1. The lowest BCUT2D eigenvalue weighted by Gasteiger charge is -2.13. The van der Waals surface area contributed by atoms with Crippen molar-refractivity contribution in [3.8, 4) is 0 Å². The van der Waals surface area contributed by atoms with Gasteiger partial charge >= 0.3 is 0 Å². The Labute approximate surface area is 162 Å². The average Bonchev–Trinajstić information content (AvgIpc) is 2.73. The highest BCUT2D eigenvalue weighted by atomic mass is 32.2. The number of carbonyl (C=O) groups is 1. The molecule has 1 N–H and O–H groups in total. The number of sulfonamides is 1. The van der Waals surface area contributed by atoms with Crippen LogP contribution in [-0.4, -0.2) is 19.2 Å². The van der Waals surface area contributed by atoms with Gasteiger partial charge in [-0.3, -0.25) is 14.5 Å². The monoisotopic (exact) mass is 388 g/mol. The van der Waals surface area contributed by atoms with Gasteiger partial charge in [0.15, 0.2) is 5.78 Å². The predicted molar refractivity (Wildman–Crippen MR) is 109 cm³/mol. The summed E-state index contributed by atoms with van der Waals surface area (Å²) in [5, 5.41) is 1.61. The lowest BCUT2D eigenvalue weighted by Crippen LogP contribution is -2.16. The van der Waals surface area contributed by atoms with Crippen molar-refractivity contribution in [1.29, 1.82) is 0 Å². The molecule has 0 aliphatic carbocycles. The highest BCUT2D eigenvalue weighted by Gasteiger charge is 2.20. The van der Waals surface area contributed by atoms with Crippen molar-refractivity contribution in [2.24, 2.45) is 0 Å². The van der Waals surface area contributed by atoms with E-state index in [4.69, 9.17) is 0 Å². The zero-order valence-electron chi connectivity index (χ0n) is 14.7. The van der Waals surface area contributed by atoms with Crippen molar-refractivity contribution < 1.29 is 13.2 Å². The normalized spacial score (nSPS) is 11.3. The molecule has 4 rings (SSSR count). The molecule has 0 saturated carbocycles. The van der Waals surface area contributed by atoms with Crippen LogP contribution in [0.25, 0.3) is 10.8 Å². The molecule has 0 amide bonds. The molecule has 6 heteroatoms.